The highest BCUT2D eigenvalue weighted by molar-refractivity contribution is 14.1. The third-order valence-electron chi connectivity index (χ3n) is 0.580. The number of hydrogen-bond acceptors (Lipinski definition) is 1. The Bertz CT molecular complexity index is 92.3. The van der Waals surface area contributed by atoms with Crippen LogP contribution >= 0.6 is 22.6 Å². The molecule has 40 valence electrons. The third-order valence-corrected chi connectivity index (χ3v) is 1.34. The molecule has 0 atom stereocenters. The Hall–Kier alpha value is 0.180. The predicted molar refractivity (Wildman–Crippen MR) is 38.1 cm³/mol. The lowest BCUT2D eigenvalue weighted by Crippen LogP contribution is -1.67. The van der Waals surface area contributed by atoms with Crippen molar-refractivity contribution in [2.24, 2.45) is 0 Å². The van der Waals surface area contributed by atoms with Crippen molar-refractivity contribution in [2.45, 2.75) is 19.8 Å². The van der Waals surface area contributed by atoms with Gasteiger partial charge in [0.15, 0.2) is 0 Å². The van der Waals surface area contributed by atoms with E-state index in [1.54, 1.807) is 0 Å². The van der Waals surface area contributed by atoms with Crippen LogP contribution in [-0.4, -0.2) is 5.94 Å². The van der Waals surface area contributed by atoms with Gasteiger partial charge in [-0.1, -0.05) is 13.3 Å². The van der Waals surface area contributed by atoms with Crippen LogP contribution in [0.4, 0.5) is 0 Å². The van der Waals surface area contributed by atoms with E-state index in [0.29, 0.717) is 0 Å². The molecule has 0 heterocycles. The minimum atomic E-state index is 0.792. The Labute approximate surface area is 56.9 Å². The Morgan fingerprint density at radius 3 is 2.57 bits per heavy atom. The molecule has 2 heteroatoms. The number of halogens is 1. The molecule has 0 spiro atoms. The summed E-state index contributed by atoms with van der Waals surface area (Å²) in [5.74, 6) is 1.82. The standard InChI is InChI=1S/C5H7IO/c1-2-3-5(6)4-7/h2-3H2,1H3. The summed E-state index contributed by atoms with van der Waals surface area (Å²) in [6.45, 7) is 2.04. The van der Waals surface area contributed by atoms with Crippen LogP contribution in [0.25, 0.3) is 0 Å². The molecule has 0 aromatic heterocycles. The Kier molecular flexibility index (Phi) is 4.45. The SMILES string of the molecule is CCCC(I)=C=O. The molecule has 0 aliphatic heterocycles. The zero-order valence-corrected chi connectivity index (χ0v) is 6.36. The van der Waals surface area contributed by atoms with E-state index in [9.17, 15) is 4.79 Å². The summed E-state index contributed by atoms with van der Waals surface area (Å²) < 4.78 is 0.792. The average molecular weight is 210 g/mol. The van der Waals surface area contributed by atoms with E-state index in [0.717, 1.165) is 16.4 Å². The van der Waals surface area contributed by atoms with Crippen LogP contribution in [0.1, 0.15) is 19.8 Å². The molecule has 0 aliphatic rings. The molecule has 0 unspecified atom stereocenters. The summed E-state index contributed by atoms with van der Waals surface area (Å²) in [6.07, 6.45) is 1.91. The van der Waals surface area contributed by atoms with Crippen molar-refractivity contribution in [3.8, 4) is 0 Å². The first-order chi connectivity index (χ1) is 3.31. The summed E-state index contributed by atoms with van der Waals surface area (Å²) in [6, 6.07) is 0. The maximum absolute atomic E-state index is 9.73. The van der Waals surface area contributed by atoms with Gasteiger partial charge in [0.1, 0.15) is 5.94 Å². The molecule has 0 N–H and O–H groups in total. The van der Waals surface area contributed by atoms with E-state index in [4.69, 9.17) is 0 Å². The molecule has 0 radical (unpaired) electrons. The minimum absolute atomic E-state index is 0.792. The smallest absolute Gasteiger partial charge is 0.134 e. The first kappa shape index (κ1) is 7.18. The molecule has 0 aromatic carbocycles. The first-order valence-corrected chi connectivity index (χ1v) is 3.28. The molecule has 0 fully saturated rings. The van der Waals surface area contributed by atoms with Gasteiger partial charge in [-0.2, -0.15) is 0 Å². The summed E-state index contributed by atoms with van der Waals surface area (Å²) in [5.41, 5.74) is 0. The Morgan fingerprint density at radius 1 is 1.86 bits per heavy atom. The van der Waals surface area contributed by atoms with Crippen molar-refractivity contribution >= 4 is 28.5 Å². The topological polar surface area (TPSA) is 17.1 Å². The second kappa shape index (κ2) is 4.34. The van der Waals surface area contributed by atoms with Crippen LogP contribution in [0, 0.1) is 0 Å². The molecule has 0 rings (SSSR count). The second-order valence-corrected chi connectivity index (χ2v) is 2.56. The minimum Gasteiger partial charge on any atom is -0.233 e. The fraction of sp³-hybridized carbons (Fsp3) is 0.600. The number of hydrogen-bond donors (Lipinski definition) is 0. The molecule has 0 saturated heterocycles. The number of allylic oxidation sites excluding steroid dienone is 1. The van der Waals surface area contributed by atoms with E-state index < -0.39 is 0 Å². The van der Waals surface area contributed by atoms with Crippen LogP contribution in [0.15, 0.2) is 3.58 Å². The van der Waals surface area contributed by atoms with Crippen LogP contribution in [0.3, 0.4) is 0 Å². The summed E-state index contributed by atoms with van der Waals surface area (Å²) in [7, 11) is 0. The van der Waals surface area contributed by atoms with Gasteiger partial charge in [0.05, 0.1) is 3.58 Å². The van der Waals surface area contributed by atoms with E-state index in [1.807, 2.05) is 35.5 Å². The molecule has 0 aliphatic carbocycles. The highest BCUT2D eigenvalue weighted by atomic mass is 127. The highest BCUT2D eigenvalue weighted by Gasteiger charge is 1.84. The Balaban J connectivity index is 3.37. The summed E-state index contributed by atoms with van der Waals surface area (Å²) in [5, 5.41) is 0. The van der Waals surface area contributed by atoms with E-state index in [-0.39, 0.29) is 0 Å². The van der Waals surface area contributed by atoms with Crippen LogP contribution in [-0.2, 0) is 4.79 Å². The lowest BCUT2D eigenvalue weighted by Gasteiger charge is -1.82. The van der Waals surface area contributed by atoms with Gasteiger partial charge >= 0.3 is 0 Å². The molecular weight excluding hydrogens is 203 g/mol. The van der Waals surface area contributed by atoms with Crippen molar-refractivity contribution in [3.63, 3.8) is 0 Å². The fourth-order valence-electron chi connectivity index (χ4n) is 0.271. The molecule has 7 heavy (non-hydrogen) atoms. The monoisotopic (exact) mass is 210 g/mol. The molecule has 0 saturated carbocycles. The van der Waals surface area contributed by atoms with Crippen molar-refractivity contribution in [3.05, 3.63) is 3.58 Å². The highest BCUT2D eigenvalue weighted by Crippen LogP contribution is 2.07. The second-order valence-electron chi connectivity index (χ2n) is 1.26. The van der Waals surface area contributed by atoms with Crippen molar-refractivity contribution in [1.29, 1.82) is 0 Å². The van der Waals surface area contributed by atoms with Gasteiger partial charge in [-0.05, 0) is 29.0 Å². The van der Waals surface area contributed by atoms with Gasteiger partial charge < -0.3 is 0 Å². The van der Waals surface area contributed by atoms with Gasteiger partial charge in [0.2, 0.25) is 0 Å². The van der Waals surface area contributed by atoms with Crippen molar-refractivity contribution in [2.75, 3.05) is 0 Å². The largest absolute Gasteiger partial charge is 0.233 e. The summed E-state index contributed by atoms with van der Waals surface area (Å²) >= 11 is 2.00. The van der Waals surface area contributed by atoms with Crippen LogP contribution in [0.5, 0.6) is 0 Å². The molecule has 0 aromatic rings. The number of rotatable bonds is 2. The fourth-order valence-corrected chi connectivity index (χ4v) is 0.810. The lowest BCUT2D eigenvalue weighted by atomic mass is 10.3. The lowest BCUT2D eigenvalue weighted by molar-refractivity contribution is 0.567. The van der Waals surface area contributed by atoms with Gasteiger partial charge in [0.25, 0.3) is 0 Å². The van der Waals surface area contributed by atoms with Gasteiger partial charge in [-0.15, -0.1) is 0 Å². The predicted octanol–water partition coefficient (Wildman–Crippen LogP) is 1.94. The number of carbonyl (C=O) groups excluding carboxylic acids is 1. The van der Waals surface area contributed by atoms with Gasteiger partial charge in [-0.25, -0.2) is 4.79 Å². The van der Waals surface area contributed by atoms with E-state index >= 15 is 0 Å². The van der Waals surface area contributed by atoms with E-state index in [2.05, 4.69) is 0 Å². The maximum atomic E-state index is 9.73. The zero-order valence-electron chi connectivity index (χ0n) is 4.20. The molecular formula is C5H7IO. The molecule has 0 bridgehead atoms. The summed E-state index contributed by atoms with van der Waals surface area (Å²) in [4.78, 5) is 9.73. The molecule has 1 nitrogen and oxygen atoms in total. The third kappa shape index (κ3) is 4.02. The van der Waals surface area contributed by atoms with Crippen LogP contribution in [0.2, 0.25) is 0 Å². The van der Waals surface area contributed by atoms with Crippen molar-refractivity contribution in [1.82, 2.24) is 0 Å². The maximum Gasteiger partial charge on any atom is 0.134 e. The normalized spacial score (nSPS) is 7.71. The quantitative estimate of drug-likeness (QED) is 0.502. The van der Waals surface area contributed by atoms with Gasteiger partial charge in [-0.3, -0.25) is 0 Å². The van der Waals surface area contributed by atoms with Crippen molar-refractivity contribution < 1.29 is 4.79 Å². The van der Waals surface area contributed by atoms with Crippen LogP contribution < -0.4 is 0 Å². The van der Waals surface area contributed by atoms with Gasteiger partial charge in [0, 0.05) is 0 Å². The Morgan fingerprint density at radius 2 is 2.43 bits per heavy atom. The average Bonchev–Trinajstić information content (AvgIpc) is 1.68. The zero-order chi connectivity index (χ0) is 5.70. The first-order valence-electron chi connectivity index (χ1n) is 2.20. The van der Waals surface area contributed by atoms with E-state index in [1.165, 1.54) is 0 Å². The molecule has 0 amide bonds.